The Morgan fingerprint density at radius 1 is 1.30 bits per heavy atom. The van der Waals surface area contributed by atoms with Gasteiger partial charge in [-0.3, -0.25) is 4.44 Å². The van der Waals surface area contributed by atoms with E-state index < -0.39 is 15.1 Å². The van der Waals surface area contributed by atoms with E-state index in [-0.39, 0.29) is 60.8 Å². The summed E-state index contributed by atoms with van der Waals surface area (Å²) in [4.78, 5) is 15.5. The quantitative estimate of drug-likeness (QED) is 0.275. The minimum atomic E-state index is -4.72. The third kappa shape index (κ3) is 16.6. The molecule has 0 saturated heterocycles. The van der Waals surface area contributed by atoms with Crippen molar-refractivity contribution < 1.29 is 28.8 Å². The van der Waals surface area contributed by atoms with E-state index in [1.165, 1.54) is 0 Å². The average Bonchev–Trinajstić information content (AvgIpc) is 1.21. The molecule has 0 aromatic rings. The van der Waals surface area contributed by atoms with Gasteiger partial charge < -0.3 is 19.8 Å². The Morgan fingerprint density at radius 3 is 1.60 bits per heavy atom. The van der Waals surface area contributed by atoms with Crippen molar-refractivity contribution in [2.24, 2.45) is 0 Å². The summed E-state index contributed by atoms with van der Waals surface area (Å²) in [5.41, 5.74) is 0. The molecule has 0 aliphatic rings. The Kier molecular flexibility index (Phi) is 14.0. The van der Waals surface area contributed by atoms with Crippen LogP contribution >= 0.6 is 7.82 Å². The van der Waals surface area contributed by atoms with Gasteiger partial charge in [0.2, 0.25) is 0 Å². The van der Waals surface area contributed by atoms with Crippen molar-refractivity contribution in [2.75, 3.05) is 0 Å². The van der Waals surface area contributed by atoms with Crippen LogP contribution in [0, 0.1) is 0 Å². The number of phosphoric acid groups is 1. The van der Waals surface area contributed by atoms with Crippen LogP contribution in [0.3, 0.4) is 0 Å². The summed E-state index contributed by atoms with van der Waals surface area (Å²) in [5.74, 6) is 0. The summed E-state index contributed by atoms with van der Waals surface area (Å²) >= 11 is 0. The topological polar surface area (TPSA) is 107 Å². The monoisotopic (exact) mass is 210 g/mol. The predicted molar refractivity (Wildman–Crippen MR) is 40.4 cm³/mol. The summed E-state index contributed by atoms with van der Waals surface area (Å²) in [5, 5.41) is 15.5. The molecule has 0 aliphatic carbocycles. The molecule has 0 aliphatic heterocycles. The third-order valence-electron chi connectivity index (χ3n) is 0.232. The molecule has 6 nitrogen and oxygen atoms in total. The van der Waals surface area contributed by atoms with Gasteiger partial charge in [0.05, 0.1) is 0 Å². The van der Waals surface area contributed by atoms with Gasteiger partial charge in [0.1, 0.15) is 0 Å². The molecule has 0 atom stereocenters. The zero-order valence-corrected chi connectivity index (χ0v) is 4.52. The van der Waals surface area contributed by atoms with Crippen molar-refractivity contribution in [3.63, 3.8) is 0 Å². The van der Waals surface area contributed by atoms with Gasteiger partial charge in [-0.25, -0.2) is 4.57 Å². The molecule has 0 heterocycles. The number of hydrogen-bond donors (Lipinski definition) is 4. The van der Waals surface area contributed by atoms with Gasteiger partial charge in [-0.1, -0.05) is 0 Å². The minimum absolute atomic E-state index is 0. The fourth-order valence-electron chi connectivity index (χ4n) is 0.123. The van der Waals surface area contributed by atoms with E-state index in [0.29, 0.717) is 0 Å². The van der Waals surface area contributed by atoms with Crippen LogP contribution in [0.5, 0.6) is 0 Å². The molecule has 0 aromatic heterocycles. The van der Waals surface area contributed by atoms with Crippen molar-refractivity contribution in [3.05, 3.63) is 0 Å². The molecule has 0 amide bonds. The van der Waals surface area contributed by atoms with Crippen LogP contribution in [-0.4, -0.2) is 87.9 Å². The molecular weight excluding hydrogens is 202 g/mol. The molecule has 56 valence electrons. The number of rotatable bonds is 2. The molecule has 0 unspecified atom stereocenters. The number of hydrogen-bond acceptors (Lipinski definition) is 4. The molecule has 0 fully saturated rings. The van der Waals surface area contributed by atoms with Gasteiger partial charge in [0, 0.05) is 0 Å². The second-order valence-electron chi connectivity index (χ2n) is 0.922. The maximum absolute atomic E-state index is 9.59. The molecule has 10 heteroatoms. The van der Waals surface area contributed by atoms with Crippen molar-refractivity contribution in [2.45, 2.75) is 0 Å². The fraction of sp³-hybridized carbons (Fsp3) is 0. The first-order valence-corrected chi connectivity index (χ1v) is 3.05. The van der Waals surface area contributed by atoms with Crippen LogP contribution in [0.4, 0.5) is 0 Å². The van der Waals surface area contributed by atoms with Gasteiger partial charge in [0.25, 0.3) is 0 Å². The second-order valence-corrected chi connectivity index (χ2v) is 2.11. The zero-order chi connectivity index (χ0) is 6.78. The molecule has 4 N–H and O–H groups in total. The molecule has 0 aromatic carbocycles. The first kappa shape index (κ1) is 18.0. The molecule has 0 rings (SSSR count). The first-order valence-electron chi connectivity index (χ1n) is 1.52. The van der Waals surface area contributed by atoms with Crippen LogP contribution in [0.2, 0.25) is 0 Å². The molecule has 0 saturated carbocycles. The van der Waals surface area contributed by atoms with E-state index in [1.807, 2.05) is 0 Å². The van der Waals surface area contributed by atoms with Gasteiger partial charge in [-0.15, -0.1) is 0 Å². The molecule has 0 bridgehead atoms. The van der Waals surface area contributed by atoms with Gasteiger partial charge >= 0.3 is 75.9 Å². The summed E-state index contributed by atoms with van der Waals surface area (Å²) in [6.45, 7) is 0. The van der Waals surface area contributed by atoms with E-state index in [0.717, 1.165) is 0 Å². The normalized spacial score (nSPS) is 9.20. The van der Waals surface area contributed by atoms with Crippen LogP contribution in [0.15, 0.2) is 0 Å². The predicted octanol–water partition coefficient (Wildman–Crippen LogP) is -3.77. The van der Waals surface area contributed by atoms with Crippen LogP contribution < -0.4 is 0 Å². The fourth-order valence-corrected chi connectivity index (χ4v) is 0.368. The van der Waals surface area contributed by atoms with Crippen molar-refractivity contribution in [1.82, 2.24) is 0 Å². The van der Waals surface area contributed by atoms with Gasteiger partial charge in [-0.2, -0.15) is 0 Å². The minimum Gasteiger partial charge on any atom is 0.316 e. The van der Waals surface area contributed by atoms with Crippen LogP contribution in [-0.2, 0) is 9.01 Å². The van der Waals surface area contributed by atoms with Crippen molar-refractivity contribution in [1.29, 1.82) is 0 Å². The first-order chi connectivity index (χ1) is 3.42. The molecule has 10 heavy (non-hydrogen) atoms. The summed E-state index contributed by atoms with van der Waals surface area (Å²) < 4.78 is 12.8. The molecular formula is H8BCaMgO6P. The van der Waals surface area contributed by atoms with Gasteiger partial charge in [-0.05, 0) is 0 Å². The maximum Gasteiger partial charge on any atom is 0.316 e. The Hall–Kier alpha value is 2.12. The summed E-state index contributed by atoms with van der Waals surface area (Å²) in [6.07, 6.45) is 0. The Bertz CT molecular complexity index is 110. The average molecular weight is 210 g/mol. The summed E-state index contributed by atoms with van der Waals surface area (Å²) in [6, 6.07) is 0. The third-order valence-corrected chi connectivity index (χ3v) is 0.695. The largest absolute Gasteiger partial charge is 0.316 e. The maximum atomic E-state index is 9.59. The van der Waals surface area contributed by atoms with Crippen molar-refractivity contribution >= 4 is 75.9 Å². The van der Waals surface area contributed by atoms with Crippen LogP contribution in [0.1, 0.15) is 0 Å². The Labute approximate surface area is 104 Å². The Balaban J connectivity index is -0.000000245. The smallest absolute Gasteiger partial charge is 0.316 e. The standard InChI is InChI=1S/BH4O6P.Ca.Mg.4H/c2-1(3)7-8(4,5)6;;;;;;/h2-3H,(H2,4,5,6);;;;;;. The van der Waals surface area contributed by atoms with E-state index in [9.17, 15) is 4.57 Å². The van der Waals surface area contributed by atoms with E-state index >= 15 is 0 Å². The molecule has 0 radical (unpaired) electrons. The zero-order valence-electron chi connectivity index (χ0n) is 3.63. The van der Waals surface area contributed by atoms with E-state index in [2.05, 4.69) is 4.44 Å². The van der Waals surface area contributed by atoms with Crippen LogP contribution in [0.25, 0.3) is 0 Å². The van der Waals surface area contributed by atoms with E-state index in [1.54, 1.807) is 0 Å². The second kappa shape index (κ2) is 7.75. The van der Waals surface area contributed by atoms with Crippen molar-refractivity contribution in [3.8, 4) is 0 Å². The summed E-state index contributed by atoms with van der Waals surface area (Å²) in [7, 11) is -7.14. The molecule has 0 spiro atoms. The van der Waals surface area contributed by atoms with Gasteiger partial charge in [0.15, 0.2) is 0 Å². The Morgan fingerprint density at radius 2 is 1.60 bits per heavy atom. The van der Waals surface area contributed by atoms with E-state index in [4.69, 9.17) is 19.8 Å². The SMILES string of the molecule is O=P(O)(O)OB(O)O.[CaH2].[MgH2].